The Kier molecular flexibility index (Phi) is 2.39. The van der Waals surface area contributed by atoms with Crippen molar-refractivity contribution >= 4 is 17.7 Å². The van der Waals surface area contributed by atoms with Crippen molar-refractivity contribution in [2.24, 2.45) is 0 Å². The van der Waals surface area contributed by atoms with Crippen LogP contribution >= 0.6 is 11.8 Å². The minimum Gasteiger partial charge on any atom is -0.333 e. The molecule has 1 rings (SSSR count). The third-order valence-electron chi connectivity index (χ3n) is 1.46. The molecule has 0 spiro atoms. The van der Waals surface area contributed by atoms with Crippen molar-refractivity contribution in [2.45, 2.75) is 12.8 Å². The quantitative estimate of drug-likeness (QED) is 0.576. The molecule has 1 aliphatic rings. The van der Waals surface area contributed by atoms with Crippen LogP contribution < -0.4 is 0 Å². The molecule has 1 amide bonds. The van der Waals surface area contributed by atoms with E-state index in [1.54, 1.807) is 11.8 Å². The second kappa shape index (κ2) is 3.11. The molecule has 1 aliphatic heterocycles. The van der Waals surface area contributed by atoms with Crippen LogP contribution in [-0.4, -0.2) is 29.5 Å². The third-order valence-corrected chi connectivity index (χ3v) is 2.03. The van der Waals surface area contributed by atoms with Crippen molar-refractivity contribution in [1.82, 2.24) is 4.90 Å². The highest BCUT2D eigenvalue weighted by molar-refractivity contribution is 7.98. The second-order valence-electron chi connectivity index (χ2n) is 2.18. The van der Waals surface area contributed by atoms with E-state index >= 15 is 0 Å². The van der Waals surface area contributed by atoms with E-state index in [-0.39, 0.29) is 0 Å². The first-order valence-electron chi connectivity index (χ1n) is 3.11. The van der Waals surface area contributed by atoms with Crippen molar-refractivity contribution in [3.05, 3.63) is 0 Å². The fraction of sp³-hybridized carbons (Fsp3) is 0.833. The number of likely N-dealkylation sites (tertiary alicyclic amines) is 1. The van der Waals surface area contributed by atoms with Crippen LogP contribution in [0, 0.1) is 0 Å². The second-order valence-corrected chi connectivity index (χ2v) is 3.01. The summed E-state index contributed by atoms with van der Waals surface area (Å²) in [5.41, 5.74) is 0. The maximum Gasteiger partial charge on any atom is 0.223 e. The molecular formula is C6H11NOS. The lowest BCUT2D eigenvalue weighted by Gasteiger charge is -2.12. The van der Waals surface area contributed by atoms with Crippen LogP contribution in [0.1, 0.15) is 12.8 Å². The highest BCUT2D eigenvalue weighted by atomic mass is 32.2. The standard InChI is InChI=1S/C6H11NOS/c1-9-5-7-4-2-3-6(7)8/h2-5H2,1H3. The van der Waals surface area contributed by atoms with E-state index in [0.717, 1.165) is 25.3 Å². The Balaban J connectivity index is 2.31. The van der Waals surface area contributed by atoms with Gasteiger partial charge in [-0.05, 0) is 12.7 Å². The first-order valence-corrected chi connectivity index (χ1v) is 4.50. The van der Waals surface area contributed by atoms with Gasteiger partial charge in [0, 0.05) is 13.0 Å². The van der Waals surface area contributed by atoms with Crippen LogP contribution in [0.3, 0.4) is 0 Å². The molecular weight excluding hydrogens is 134 g/mol. The van der Waals surface area contributed by atoms with E-state index in [9.17, 15) is 4.79 Å². The lowest BCUT2D eigenvalue weighted by Crippen LogP contribution is -2.23. The number of hydrogen-bond donors (Lipinski definition) is 0. The van der Waals surface area contributed by atoms with Gasteiger partial charge in [-0.3, -0.25) is 4.79 Å². The summed E-state index contributed by atoms with van der Waals surface area (Å²) in [6, 6.07) is 0. The number of thioether (sulfide) groups is 1. The topological polar surface area (TPSA) is 20.3 Å². The monoisotopic (exact) mass is 145 g/mol. The number of carbonyl (C=O) groups excluding carboxylic acids is 1. The van der Waals surface area contributed by atoms with Crippen LogP contribution in [0.4, 0.5) is 0 Å². The fourth-order valence-electron chi connectivity index (χ4n) is 0.996. The van der Waals surface area contributed by atoms with Crippen LogP contribution in [0.5, 0.6) is 0 Å². The van der Waals surface area contributed by atoms with E-state index in [2.05, 4.69) is 0 Å². The number of nitrogens with zero attached hydrogens (tertiary/aromatic N) is 1. The fourth-order valence-corrected chi connectivity index (χ4v) is 1.58. The van der Waals surface area contributed by atoms with Gasteiger partial charge in [-0.1, -0.05) is 0 Å². The molecule has 0 aromatic heterocycles. The van der Waals surface area contributed by atoms with Gasteiger partial charge in [-0.2, -0.15) is 0 Å². The summed E-state index contributed by atoms with van der Waals surface area (Å²) < 4.78 is 0. The molecule has 3 heteroatoms. The maximum atomic E-state index is 10.9. The van der Waals surface area contributed by atoms with Gasteiger partial charge < -0.3 is 4.90 Å². The molecule has 1 heterocycles. The normalized spacial score (nSPS) is 19.2. The SMILES string of the molecule is CSCN1CCCC1=O. The molecule has 0 bridgehead atoms. The molecule has 52 valence electrons. The maximum absolute atomic E-state index is 10.9. The largest absolute Gasteiger partial charge is 0.333 e. The summed E-state index contributed by atoms with van der Waals surface area (Å²) in [5, 5.41) is 0. The third kappa shape index (κ3) is 1.61. The predicted molar refractivity (Wildman–Crippen MR) is 39.3 cm³/mol. The van der Waals surface area contributed by atoms with Gasteiger partial charge in [0.2, 0.25) is 5.91 Å². The zero-order valence-corrected chi connectivity index (χ0v) is 6.41. The summed E-state index contributed by atoms with van der Waals surface area (Å²) in [6.45, 7) is 0.972. The van der Waals surface area contributed by atoms with Crippen LogP contribution in [0.2, 0.25) is 0 Å². The van der Waals surface area contributed by atoms with E-state index in [1.165, 1.54) is 0 Å². The van der Waals surface area contributed by atoms with Gasteiger partial charge in [0.25, 0.3) is 0 Å². The molecule has 1 saturated heterocycles. The summed E-state index contributed by atoms with van der Waals surface area (Å²) in [4.78, 5) is 12.8. The number of amides is 1. The molecule has 0 radical (unpaired) electrons. The van der Waals surface area contributed by atoms with Gasteiger partial charge in [0.1, 0.15) is 0 Å². The van der Waals surface area contributed by atoms with E-state index in [1.807, 2.05) is 11.2 Å². The highest BCUT2D eigenvalue weighted by Crippen LogP contribution is 2.11. The molecule has 0 saturated carbocycles. The average Bonchev–Trinajstić information content (AvgIpc) is 2.18. The van der Waals surface area contributed by atoms with Gasteiger partial charge in [-0.25, -0.2) is 0 Å². The Morgan fingerprint density at radius 3 is 3.00 bits per heavy atom. The summed E-state index contributed by atoms with van der Waals surface area (Å²) >= 11 is 1.71. The summed E-state index contributed by atoms with van der Waals surface area (Å²) in [5.74, 6) is 1.20. The molecule has 2 nitrogen and oxygen atoms in total. The predicted octanol–water partition coefficient (Wildman–Crippen LogP) is 0.929. The molecule has 0 atom stereocenters. The van der Waals surface area contributed by atoms with Crippen molar-refractivity contribution in [1.29, 1.82) is 0 Å². The first-order chi connectivity index (χ1) is 4.34. The average molecular weight is 145 g/mol. The molecule has 0 unspecified atom stereocenters. The molecule has 0 aliphatic carbocycles. The summed E-state index contributed by atoms with van der Waals surface area (Å²) in [6.07, 6.45) is 3.84. The van der Waals surface area contributed by atoms with Gasteiger partial charge in [0.15, 0.2) is 0 Å². The van der Waals surface area contributed by atoms with Gasteiger partial charge in [0.05, 0.1) is 5.88 Å². The molecule has 0 N–H and O–H groups in total. The summed E-state index contributed by atoms with van der Waals surface area (Å²) in [7, 11) is 0. The van der Waals surface area contributed by atoms with Crippen LogP contribution in [0.15, 0.2) is 0 Å². The number of carbonyl (C=O) groups is 1. The van der Waals surface area contributed by atoms with Crippen molar-refractivity contribution in [2.75, 3.05) is 18.7 Å². The Bertz CT molecular complexity index is 116. The Hall–Kier alpha value is -0.180. The molecule has 9 heavy (non-hydrogen) atoms. The smallest absolute Gasteiger partial charge is 0.223 e. The number of hydrogen-bond acceptors (Lipinski definition) is 2. The molecule has 1 fully saturated rings. The van der Waals surface area contributed by atoms with Crippen molar-refractivity contribution in [3.63, 3.8) is 0 Å². The van der Waals surface area contributed by atoms with Crippen LogP contribution in [0.25, 0.3) is 0 Å². The Labute approximate surface area is 59.6 Å². The minimum absolute atomic E-state index is 0.323. The minimum atomic E-state index is 0.323. The molecule has 0 aromatic carbocycles. The Morgan fingerprint density at radius 1 is 1.78 bits per heavy atom. The number of rotatable bonds is 2. The van der Waals surface area contributed by atoms with Crippen LogP contribution in [-0.2, 0) is 4.79 Å². The lowest BCUT2D eigenvalue weighted by molar-refractivity contribution is -0.126. The highest BCUT2D eigenvalue weighted by Gasteiger charge is 2.18. The van der Waals surface area contributed by atoms with Crippen molar-refractivity contribution < 1.29 is 4.79 Å². The van der Waals surface area contributed by atoms with Gasteiger partial charge >= 0.3 is 0 Å². The van der Waals surface area contributed by atoms with E-state index in [0.29, 0.717) is 5.91 Å². The van der Waals surface area contributed by atoms with Gasteiger partial charge in [-0.15, -0.1) is 11.8 Å². The zero-order valence-electron chi connectivity index (χ0n) is 5.59. The van der Waals surface area contributed by atoms with E-state index < -0.39 is 0 Å². The first kappa shape index (κ1) is 6.93. The van der Waals surface area contributed by atoms with Crippen molar-refractivity contribution in [3.8, 4) is 0 Å². The van der Waals surface area contributed by atoms with E-state index in [4.69, 9.17) is 0 Å². The molecule has 0 aromatic rings. The lowest BCUT2D eigenvalue weighted by atomic mass is 10.4. The zero-order chi connectivity index (χ0) is 6.69. The Morgan fingerprint density at radius 2 is 2.56 bits per heavy atom.